The average Bonchev–Trinajstić information content (AvgIpc) is 2.53. The van der Waals surface area contributed by atoms with Crippen molar-refractivity contribution in [1.82, 2.24) is 5.32 Å². The summed E-state index contributed by atoms with van der Waals surface area (Å²) in [5.74, 6) is -1.07. The normalized spacial score (nSPS) is 11.5. The average molecular weight is 299 g/mol. The Morgan fingerprint density at radius 2 is 1.86 bits per heavy atom. The summed E-state index contributed by atoms with van der Waals surface area (Å²) in [5.41, 5.74) is 1.17. The molecule has 2 aromatic carbocycles. The van der Waals surface area contributed by atoms with Gasteiger partial charge in [-0.3, -0.25) is 4.79 Å². The molecule has 0 saturated heterocycles. The van der Waals surface area contributed by atoms with E-state index in [2.05, 4.69) is 5.32 Å². The predicted molar refractivity (Wildman–Crippen MR) is 81.4 cm³/mol. The zero-order valence-electron chi connectivity index (χ0n) is 12.2. The third-order valence-corrected chi connectivity index (χ3v) is 3.09. The minimum absolute atomic E-state index is 0.0309. The van der Waals surface area contributed by atoms with Crippen molar-refractivity contribution in [3.63, 3.8) is 0 Å². The molecule has 0 fully saturated rings. The highest BCUT2D eigenvalue weighted by Crippen LogP contribution is 2.12. The van der Waals surface area contributed by atoms with Crippen LogP contribution in [0.15, 0.2) is 54.6 Å². The van der Waals surface area contributed by atoms with Gasteiger partial charge in [-0.2, -0.15) is 0 Å². The van der Waals surface area contributed by atoms with Gasteiger partial charge in [-0.05, 0) is 30.7 Å². The zero-order valence-corrected chi connectivity index (χ0v) is 12.2. The summed E-state index contributed by atoms with van der Waals surface area (Å²) in [6.07, 6.45) is 0. The Hall–Kier alpha value is -2.82. The molecule has 0 aliphatic carbocycles. The summed E-state index contributed by atoms with van der Waals surface area (Å²) in [5, 5.41) is 12.0. The number of benzene rings is 2. The number of rotatable bonds is 5. The molecule has 2 aromatic rings. The third-order valence-electron chi connectivity index (χ3n) is 3.09. The molecule has 0 radical (unpaired) electrons. The third kappa shape index (κ3) is 4.34. The lowest BCUT2D eigenvalue weighted by atomic mass is 10.1. The molecule has 5 heteroatoms. The van der Waals surface area contributed by atoms with E-state index in [1.54, 1.807) is 0 Å². The lowest BCUT2D eigenvalue weighted by Gasteiger charge is -2.14. The molecular formula is C17H17NO4. The molecular weight excluding hydrogens is 282 g/mol. The Morgan fingerprint density at radius 1 is 1.14 bits per heavy atom. The van der Waals surface area contributed by atoms with Gasteiger partial charge in [0.15, 0.2) is 6.61 Å². The molecule has 22 heavy (non-hydrogen) atoms. The fourth-order valence-corrected chi connectivity index (χ4v) is 1.96. The molecule has 1 atom stereocenters. The van der Waals surface area contributed by atoms with Crippen molar-refractivity contribution in [3.05, 3.63) is 65.7 Å². The molecule has 0 heterocycles. The summed E-state index contributed by atoms with van der Waals surface area (Å²) in [7, 11) is 0. The van der Waals surface area contributed by atoms with Crippen LogP contribution in [0.3, 0.4) is 0 Å². The van der Waals surface area contributed by atoms with Crippen LogP contribution in [0.1, 0.15) is 28.9 Å². The highest BCUT2D eigenvalue weighted by atomic mass is 16.5. The highest BCUT2D eigenvalue weighted by Gasteiger charge is 2.13. The molecule has 0 aliphatic rings. The molecule has 114 valence electrons. The van der Waals surface area contributed by atoms with E-state index >= 15 is 0 Å². The molecule has 5 nitrogen and oxygen atoms in total. The van der Waals surface area contributed by atoms with Crippen molar-refractivity contribution in [2.45, 2.75) is 13.0 Å². The molecule has 0 saturated carbocycles. The molecule has 0 spiro atoms. The van der Waals surface area contributed by atoms with Crippen LogP contribution in [-0.4, -0.2) is 23.6 Å². The molecule has 1 amide bonds. The zero-order chi connectivity index (χ0) is 15.9. The van der Waals surface area contributed by atoms with Gasteiger partial charge in [0.2, 0.25) is 0 Å². The number of carbonyl (C=O) groups excluding carboxylic acids is 2. The summed E-state index contributed by atoms with van der Waals surface area (Å²) in [4.78, 5) is 23.5. The number of nitrogens with one attached hydrogen (secondary N) is 1. The first-order valence-corrected chi connectivity index (χ1v) is 6.86. The number of ether oxygens (including phenoxy) is 1. The van der Waals surface area contributed by atoms with Crippen molar-refractivity contribution in [1.29, 1.82) is 0 Å². The van der Waals surface area contributed by atoms with E-state index in [0.29, 0.717) is 0 Å². The van der Waals surface area contributed by atoms with Crippen LogP contribution < -0.4 is 5.32 Å². The fourth-order valence-electron chi connectivity index (χ4n) is 1.96. The van der Waals surface area contributed by atoms with E-state index in [4.69, 9.17) is 4.74 Å². The first-order chi connectivity index (χ1) is 10.6. The molecule has 2 rings (SSSR count). The Morgan fingerprint density at radius 3 is 2.55 bits per heavy atom. The maximum atomic E-state index is 11.8. The van der Waals surface area contributed by atoms with Crippen molar-refractivity contribution >= 4 is 11.9 Å². The minimum Gasteiger partial charge on any atom is -0.508 e. The van der Waals surface area contributed by atoms with E-state index in [9.17, 15) is 14.7 Å². The van der Waals surface area contributed by atoms with Gasteiger partial charge in [-0.15, -0.1) is 0 Å². The SMILES string of the molecule is C[C@H](NC(=O)COC(=O)c1cccc(O)c1)c1ccccc1. The van der Waals surface area contributed by atoms with Gasteiger partial charge in [-0.1, -0.05) is 36.4 Å². The van der Waals surface area contributed by atoms with Crippen LogP contribution in [0, 0.1) is 0 Å². The first kappa shape index (κ1) is 15.6. The van der Waals surface area contributed by atoms with Gasteiger partial charge in [-0.25, -0.2) is 4.79 Å². The summed E-state index contributed by atoms with van der Waals surface area (Å²) >= 11 is 0. The van der Waals surface area contributed by atoms with Crippen molar-refractivity contribution in [3.8, 4) is 5.75 Å². The largest absolute Gasteiger partial charge is 0.508 e. The van der Waals surface area contributed by atoms with Crippen LogP contribution in [0.25, 0.3) is 0 Å². The molecule has 2 N–H and O–H groups in total. The molecule has 0 aliphatic heterocycles. The number of aromatic hydroxyl groups is 1. The second-order valence-electron chi connectivity index (χ2n) is 4.83. The Bertz CT molecular complexity index is 655. The van der Waals surface area contributed by atoms with E-state index < -0.39 is 5.97 Å². The van der Waals surface area contributed by atoms with Gasteiger partial charge in [0.05, 0.1) is 11.6 Å². The summed E-state index contributed by atoms with van der Waals surface area (Å²) in [6.45, 7) is 1.48. The quantitative estimate of drug-likeness (QED) is 0.831. The standard InChI is InChI=1S/C17H17NO4/c1-12(13-6-3-2-4-7-13)18-16(20)11-22-17(21)14-8-5-9-15(19)10-14/h2-10,12,19H,11H2,1H3,(H,18,20)/t12-/m0/s1. The van der Waals surface area contributed by atoms with Crippen LogP contribution in [0.4, 0.5) is 0 Å². The maximum absolute atomic E-state index is 11.8. The van der Waals surface area contributed by atoms with E-state index in [1.165, 1.54) is 24.3 Å². The van der Waals surface area contributed by atoms with E-state index in [0.717, 1.165) is 5.56 Å². The van der Waals surface area contributed by atoms with Crippen LogP contribution >= 0.6 is 0 Å². The van der Waals surface area contributed by atoms with Gasteiger partial charge < -0.3 is 15.2 Å². The molecule has 0 aromatic heterocycles. The van der Waals surface area contributed by atoms with E-state index in [1.807, 2.05) is 37.3 Å². The highest BCUT2D eigenvalue weighted by molar-refractivity contribution is 5.91. The van der Waals surface area contributed by atoms with Gasteiger partial charge in [0, 0.05) is 0 Å². The predicted octanol–water partition coefficient (Wildman–Crippen LogP) is 2.43. The minimum atomic E-state index is -0.654. The van der Waals surface area contributed by atoms with Crippen LogP contribution in [0.2, 0.25) is 0 Å². The molecule has 0 unspecified atom stereocenters. The summed E-state index contributed by atoms with van der Waals surface area (Å²) in [6, 6.07) is 15.1. The molecule has 0 bridgehead atoms. The first-order valence-electron chi connectivity index (χ1n) is 6.86. The number of phenols is 1. The fraction of sp³-hybridized carbons (Fsp3) is 0.176. The second-order valence-corrected chi connectivity index (χ2v) is 4.83. The lowest BCUT2D eigenvalue weighted by molar-refractivity contribution is -0.124. The van der Waals surface area contributed by atoms with E-state index in [-0.39, 0.29) is 29.9 Å². The maximum Gasteiger partial charge on any atom is 0.338 e. The number of amides is 1. The van der Waals surface area contributed by atoms with Gasteiger partial charge >= 0.3 is 5.97 Å². The second kappa shape index (κ2) is 7.26. The topological polar surface area (TPSA) is 75.6 Å². The van der Waals surface area contributed by atoms with Crippen LogP contribution in [-0.2, 0) is 9.53 Å². The monoisotopic (exact) mass is 299 g/mol. The number of phenolic OH excluding ortho intramolecular Hbond substituents is 1. The number of hydrogen-bond acceptors (Lipinski definition) is 4. The van der Waals surface area contributed by atoms with Crippen molar-refractivity contribution < 1.29 is 19.4 Å². The Labute approximate surface area is 128 Å². The Balaban J connectivity index is 1.84. The van der Waals surface area contributed by atoms with Gasteiger partial charge in [0.25, 0.3) is 5.91 Å². The van der Waals surface area contributed by atoms with Crippen molar-refractivity contribution in [2.75, 3.05) is 6.61 Å². The van der Waals surface area contributed by atoms with Crippen LogP contribution in [0.5, 0.6) is 5.75 Å². The lowest BCUT2D eigenvalue weighted by Crippen LogP contribution is -2.31. The van der Waals surface area contributed by atoms with Gasteiger partial charge in [0.1, 0.15) is 5.75 Å². The smallest absolute Gasteiger partial charge is 0.338 e. The number of carbonyl (C=O) groups is 2. The number of hydrogen-bond donors (Lipinski definition) is 2. The Kier molecular flexibility index (Phi) is 5.14. The summed E-state index contributed by atoms with van der Waals surface area (Å²) < 4.78 is 4.92. The number of esters is 1. The van der Waals surface area contributed by atoms with Crippen molar-refractivity contribution in [2.24, 2.45) is 0 Å².